The molecule has 0 aliphatic carbocycles. The van der Waals surface area contributed by atoms with Crippen LogP contribution in [0.1, 0.15) is 45.1 Å². The highest BCUT2D eigenvalue weighted by atomic mass is 35.5. The first-order valence-corrected chi connectivity index (χ1v) is 10.3. The molecule has 29 heavy (non-hydrogen) atoms. The van der Waals surface area contributed by atoms with Crippen LogP contribution in [0, 0.1) is 11.7 Å². The molecule has 1 saturated heterocycles. The number of urea groups is 1. The van der Waals surface area contributed by atoms with Crippen LogP contribution >= 0.6 is 12.4 Å². The Morgan fingerprint density at radius 1 is 1.17 bits per heavy atom. The second-order valence-corrected chi connectivity index (χ2v) is 7.37. The van der Waals surface area contributed by atoms with Crippen molar-refractivity contribution in [2.24, 2.45) is 5.92 Å². The minimum Gasteiger partial charge on any atom is -0.341 e. The maximum atomic E-state index is 12.9. The van der Waals surface area contributed by atoms with E-state index in [-0.39, 0.29) is 36.7 Å². The summed E-state index contributed by atoms with van der Waals surface area (Å²) < 4.78 is 12.9. The Bertz CT molecular complexity index is 622. The predicted octanol–water partition coefficient (Wildman–Crippen LogP) is 3.06. The summed E-state index contributed by atoms with van der Waals surface area (Å²) in [7, 11) is 0. The van der Waals surface area contributed by atoms with Gasteiger partial charge in [-0.25, -0.2) is 9.18 Å². The van der Waals surface area contributed by atoms with E-state index in [2.05, 4.69) is 22.9 Å². The van der Waals surface area contributed by atoms with Crippen LogP contribution in [0.15, 0.2) is 24.3 Å². The summed E-state index contributed by atoms with van der Waals surface area (Å²) in [4.78, 5) is 27.0. The van der Waals surface area contributed by atoms with Gasteiger partial charge in [0.05, 0.1) is 0 Å². The van der Waals surface area contributed by atoms with E-state index in [1.807, 2.05) is 11.8 Å². The number of hydrogen-bond donors (Lipinski definition) is 3. The summed E-state index contributed by atoms with van der Waals surface area (Å²) in [6, 6.07) is 5.08. The maximum Gasteiger partial charge on any atom is 0.315 e. The largest absolute Gasteiger partial charge is 0.341 e. The Morgan fingerprint density at radius 2 is 1.83 bits per heavy atom. The van der Waals surface area contributed by atoms with Crippen molar-refractivity contribution in [3.05, 3.63) is 35.6 Å². The first-order chi connectivity index (χ1) is 13.5. The van der Waals surface area contributed by atoms with Crippen molar-refractivity contribution in [1.82, 2.24) is 20.9 Å². The summed E-state index contributed by atoms with van der Waals surface area (Å²) in [5.41, 5.74) is 0.803. The molecule has 1 aliphatic heterocycles. The second-order valence-electron chi connectivity index (χ2n) is 7.37. The fourth-order valence-corrected chi connectivity index (χ4v) is 3.47. The highest BCUT2D eigenvalue weighted by Crippen LogP contribution is 2.18. The van der Waals surface area contributed by atoms with Crippen molar-refractivity contribution in [2.75, 3.05) is 26.2 Å². The number of halogens is 2. The van der Waals surface area contributed by atoms with Crippen molar-refractivity contribution >= 4 is 24.3 Å². The first kappa shape index (κ1) is 25.2. The first-order valence-electron chi connectivity index (χ1n) is 10.3. The van der Waals surface area contributed by atoms with E-state index in [4.69, 9.17) is 0 Å². The third kappa shape index (κ3) is 8.58. The van der Waals surface area contributed by atoms with Crippen LogP contribution in [0.4, 0.5) is 9.18 Å². The fraction of sp³-hybridized carbons (Fsp3) is 0.619. The van der Waals surface area contributed by atoms with E-state index in [1.54, 1.807) is 12.1 Å². The van der Waals surface area contributed by atoms with Crippen LogP contribution in [-0.2, 0) is 11.3 Å². The molecular weight excluding hydrogens is 395 g/mol. The van der Waals surface area contributed by atoms with Gasteiger partial charge in [0.1, 0.15) is 11.9 Å². The highest BCUT2D eigenvalue weighted by molar-refractivity contribution is 5.87. The number of likely N-dealkylation sites (tertiary alicyclic amines) is 1. The van der Waals surface area contributed by atoms with Gasteiger partial charge in [-0.3, -0.25) is 4.79 Å². The van der Waals surface area contributed by atoms with Gasteiger partial charge >= 0.3 is 6.03 Å². The molecule has 0 aromatic heterocycles. The van der Waals surface area contributed by atoms with E-state index in [0.717, 1.165) is 51.0 Å². The number of rotatable bonds is 9. The van der Waals surface area contributed by atoms with E-state index in [1.165, 1.54) is 12.1 Å². The normalized spacial score (nSPS) is 15.3. The lowest BCUT2D eigenvalue weighted by Crippen LogP contribution is -2.53. The molecule has 3 N–H and O–H groups in total. The lowest BCUT2D eigenvalue weighted by Gasteiger charge is -2.34. The van der Waals surface area contributed by atoms with Crippen LogP contribution in [0.5, 0.6) is 0 Å². The lowest BCUT2D eigenvalue weighted by molar-refractivity contribution is -0.134. The van der Waals surface area contributed by atoms with Crippen molar-refractivity contribution in [1.29, 1.82) is 0 Å². The molecule has 2 rings (SSSR count). The van der Waals surface area contributed by atoms with Crippen molar-refractivity contribution in [2.45, 2.75) is 52.1 Å². The van der Waals surface area contributed by atoms with Gasteiger partial charge in [0.15, 0.2) is 0 Å². The molecule has 1 aliphatic rings. The van der Waals surface area contributed by atoms with Gasteiger partial charge in [-0.15, -0.1) is 12.4 Å². The number of benzene rings is 1. The molecule has 1 aromatic rings. The standard InChI is InChI=1S/C21H33FN4O2.ClH/c1-3-5-19(20(27)26-12-10-17(11-13-26)14-23-4-2)25-21(28)24-15-16-6-8-18(22)9-7-16;/h6-9,17,19,23H,3-5,10-15H2,1-2H3,(H2,24,25,28);1H. The van der Waals surface area contributed by atoms with Gasteiger partial charge in [-0.2, -0.15) is 0 Å². The maximum absolute atomic E-state index is 12.9. The van der Waals surface area contributed by atoms with Crippen molar-refractivity contribution in [3.63, 3.8) is 0 Å². The molecule has 0 saturated carbocycles. The molecule has 3 amide bonds. The Hall–Kier alpha value is -1.86. The van der Waals surface area contributed by atoms with Crippen molar-refractivity contribution in [3.8, 4) is 0 Å². The number of carbonyl (C=O) groups is 2. The molecule has 0 radical (unpaired) electrons. The summed E-state index contributed by atoms with van der Waals surface area (Å²) in [5.74, 6) is 0.303. The third-order valence-electron chi connectivity index (χ3n) is 5.16. The molecule has 1 fully saturated rings. The van der Waals surface area contributed by atoms with Crippen molar-refractivity contribution < 1.29 is 14.0 Å². The van der Waals surface area contributed by atoms with Crippen LogP contribution < -0.4 is 16.0 Å². The zero-order chi connectivity index (χ0) is 20.4. The average molecular weight is 429 g/mol. The second kappa shape index (κ2) is 13.4. The van der Waals surface area contributed by atoms with E-state index in [0.29, 0.717) is 12.3 Å². The van der Waals surface area contributed by atoms with Gasteiger partial charge in [0.2, 0.25) is 5.91 Å². The van der Waals surface area contributed by atoms with E-state index in [9.17, 15) is 14.0 Å². The Balaban J connectivity index is 0.00000420. The molecule has 6 nitrogen and oxygen atoms in total. The monoisotopic (exact) mass is 428 g/mol. The van der Waals surface area contributed by atoms with Crippen LogP contribution in [-0.4, -0.2) is 49.1 Å². The quantitative estimate of drug-likeness (QED) is 0.566. The number of piperidine rings is 1. The van der Waals surface area contributed by atoms with Crippen LogP contribution in [0.2, 0.25) is 0 Å². The number of nitrogens with one attached hydrogen (secondary N) is 3. The Labute approximate surface area is 179 Å². The van der Waals surface area contributed by atoms with Gasteiger partial charge in [0.25, 0.3) is 0 Å². The zero-order valence-corrected chi connectivity index (χ0v) is 18.2. The van der Waals surface area contributed by atoms with Crippen LogP contribution in [0.3, 0.4) is 0 Å². The average Bonchev–Trinajstić information content (AvgIpc) is 2.71. The van der Waals surface area contributed by atoms with Gasteiger partial charge < -0.3 is 20.9 Å². The van der Waals surface area contributed by atoms with E-state index < -0.39 is 6.04 Å². The molecule has 0 bridgehead atoms. The van der Waals surface area contributed by atoms with Gasteiger partial charge in [-0.05, 0) is 56.0 Å². The molecule has 1 heterocycles. The predicted molar refractivity (Wildman–Crippen MR) is 116 cm³/mol. The van der Waals surface area contributed by atoms with Gasteiger partial charge in [-0.1, -0.05) is 32.4 Å². The zero-order valence-electron chi connectivity index (χ0n) is 17.4. The molecule has 1 aromatic carbocycles. The van der Waals surface area contributed by atoms with Gasteiger partial charge in [0, 0.05) is 19.6 Å². The SMILES string of the molecule is CCCC(NC(=O)NCc1ccc(F)cc1)C(=O)N1CCC(CNCC)CC1.Cl. The fourth-order valence-electron chi connectivity index (χ4n) is 3.47. The minimum absolute atomic E-state index is 0. The summed E-state index contributed by atoms with van der Waals surface area (Å²) in [5, 5.41) is 8.93. The van der Waals surface area contributed by atoms with Crippen LogP contribution in [0.25, 0.3) is 0 Å². The molecule has 164 valence electrons. The minimum atomic E-state index is -0.511. The third-order valence-corrected chi connectivity index (χ3v) is 5.16. The summed E-state index contributed by atoms with van der Waals surface area (Å²) in [6.07, 6.45) is 3.41. The number of carbonyl (C=O) groups excluding carboxylic acids is 2. The highest BCUT2D eigenvalue weighted by Gasteiger charge is 2.28. The Morgan fingerprint density at radius 3 is 2.41 bits per heavy atom. The topological polar surface area (TPSA) is 73.5 Å². The lowest BCUT2D eigenvalue weighted by atomic mass is 9.96. The molecule has 1 atom stereocenters. The Kier molecular flexibility index (Phi) is 11.6. The molecular formula is C21H34ClFN4O2. The number of hydrogen-bond acceptors (Lipinski definition) is 3. The van der Waals surface area contributed by atoms with E-state index >= 15 is 0 Å². The molecule has 0 spiro atoms. The number of nitrogens with zero attached hydrogens (tertiary/aromatic N) is 1. The summed E-state index contributed by atoms with van der Waals surface area (Å²) in [6.45, 7) is 7.84. The number of amides is 3. The smallest absolute Gasteiger partial charge is 0.315 e. The molecule has 1 unspecified atom stereocenters. The summed E-state index contributed by atoms with van der Waals surface area (Å²) >= 11 is 0. The molecule has 8 heteroatoms.